The van der Waals surface area contributed by atoms with Crippen LogP contribution in [0.25, 0.3) is 0 Å². The molecule has 0 saturated heterocycles. The normalized spacial score (nSPS) is 12.7. The molecule has 0 spiro atoms. The molecule has 5 heteroatoms. The van der Waals surface area contributed by atoms with Gasteiger partial charge in [0.25, 0.3) is 0 Å². The minimum Gasteiger partial charge on any atom is -0.790 e. The van der Waals surface area contributed by atoms with Crippen LogP contribution in [0.4, 0.5) is 0 Å². The molecule has 0 unspecified atom stereocenters. The summed E-state index contributed by atoms with van der Waals surface area (Å²) in [5.41, 5.74) is 2.27. The van der Waals surface area contributed by atoms with Crippen molar-refractivity contribution in [2.24, 2.45) is 0 Å². The first-order valence-electron chi connectivity index (χ1n) is 4.77. The Bertz CT molecular complexity index is 284. The first kappa shape index (κ1) is 14.6. The summed E-state index contributed by atoms with van der Waals surface area (Å²) in [4.78, 5) is 20.3. The van der Waals surface area contributed by atoms with Crippen LogP contribution in [0.1, 0.15) is 33.6 Å². The highest BCUT2D eigenvalue weighted by atomic mass is 31.2. The van der Waals surface area contributed by atoms with Gasteiger partial charge in [0.15, 0.2) is 0 Å². The predicted molar refractivity (Wildman–Crippen MR) is 56.0 cm³/mol. The Balaban J connectivity index is 3.80. The number of phosphoric ester groups is 1. The van der Waals surface area contributed by atoms with Crippen molar-refractivity contribution in [3.63, 3.8) is 0 Å². The average Bonchev–Trinajstić information content (AvgIpc) is 2.00. The van der Waals surface area contributed by atoms with Crippen molar-refractivity contribution in [1.82, 2.24) is 0 Å². The van der Waals surface area contributed by atoms with Gasteiger partial charge in [-0.15, -0.1) is 0 Å². The van der Waals surface area contributed by atoms with Crippen LogP contribution in [0.2, 0.25) is 0 Å². The van der Waals surface area contributed by atoms with Gasteiger partial charge in [-0.2, -0.15) is 0 Å². The third-order valence-corrected chi connectivity index (χ3v) is 2.22. The van der Waals surface area contributed by atoms with E-state index in [4.69, 9.17) is 0 Å². The van der Waals surface area contributed by atoms with Crippen molar-refractivity contribution >= 4 is 7.82 Å². The molecular weight excluding hydrogens is 215 g/mol. The highest BCUT2D eigenvalue weighted by Crippen LogP contribution is 2.24. The second-order valence-electron chi connectivity index (χ2n) is 3.61. The van der Waals surface area contributed by atoms with E-state index in [2.05, 4.69) is 10.6 Å². The maximum absolute atomic E-state index is 10.1. The summed E-state index contributed by atoms with van der Waals surface area (Å²) in [7, 11) is -4.82. The molecule has 0 atom stereocenters. The van der Waals surface area contributed by atoms with Crippen molar-refractivity contribution in [2.45, 2.75) is 33.6 Å². The lowest BCUT2D eigenvalue weighted by Crippen LogP contribution is -2.16. The third kappa shape index (κ3) is 11.5. The second-order valence-corrected chi connectivity index (χ2v) is 4.77. The van der Waals surface area contributed by atoms with Crippen molar-refractivity contribution in [3.05, 3.63) is 23.3 Å². The first-order chi connectivity index (χ1) is 6.81. The summed E-state index contributed by atoms with van der Waals surface area (Å²) >= 11 is 0. The molecule has 0 radical (unpaired) electrons. The Kier molecular flexibility index (Phi) is 6.77. The maximum Gasteiger partial charge on any atom is 0.0702 e. The molecule has 15 heavy (non-hydrogen) atoms. The molecule has 0 N–H and O–H groups in total. The van der Waals surface area contributed by atoms with Gasteiger partial charge in [-0.1, -0.05) is 23.3 Å². The molecule has 0 aromatic heterocycles. The summed E-state index contributed by atoms with van der Waals surface area (Å²) < 4.78 is 14.2. The molecule has 0 aliphatic rings. The number of rotatable bonds is 6. The van der Waals surface area contributed by atoms with Crippen LogP contribution in [0.3, 0.4) is 0 Å². The van der Waals surface area contributed by atoms with Gasteiger partial charge in [-0.25, -0.2) is 0 Å². The fourth-order valence-corrected chi connectivity index (χ4v) is 1.22. The van der Waals surface area contributed by atoms with Gasteiger partial charge in [0.05, 0.1) is 14.4 Å². The quantitative estimate of drug-likeness (QED) is 0.514. The zero-order chi connectivity index (χ0) is 11.9. The van der Waals surface area contributed by atoms with E-state index >= 15 is 0 Å². The zero-order valence-electron chi connectivity index (χ0n) is 9.36. The van der Waals surface area contributed by atoms with Gasteiger partial charge >= 0.3 is 0 Å². The summed E-state index contributed by atoms with van der Waals surface area (Å²) in [5, 5.41) is 0. The molecule has 0 rings (SSSR count). The summed E-state index contributed by atoms with van der Waals surface area (Å²) in [6.45, 7) is 5.76. The van der Waals surface area contributed by atoms with Gasteiger partial charge in [0.2, 0.25) is 0 Å². The molecule has 0 heterocycles. The van der Waals surface area contributed by atoms with Crippen molar-refractivity contribution in [3.8, 4) is 0 Å². The molecule has 0 aliphatic heterocycles. The average molecular weight is 232 g/mol. The van der Waals surface area contributed by atoms with E-state index in [-0.39, 0.29) is 6.61 Å². The van der Waals surface area contributed by atoms with E-state index in [9.17, 15) is 14.4 Å². The van der Waals surface area contributed by atoms with Crippen LogP contribution < -0.4 is 9.79 Å². The van der Waals surface area contributed by atoms with Gasteiger partial charge in [-0.3, -0.25) is 0 Å². The predicted octanol–water partition coefficient (Wildman–Crippen LogP) is 1.52. The summed E-state index contributed by atoms with van der Waals surface area (Å²) in [6.07, 6.45) is 5.47. The first-order valence-corrected chi connectivity index (χ1v) is 6.23. The van der Waals surface area contributed by atoms with E-state index in [1.54, 1.807) is 6.08 Å². The van der Waals surface area contributed by atoms with Crippen molar-refractivity contribution in [1.29, 1.82) is 0 Å². The number of hydrogen-bond donors (Lipinski definition) is 0. The monoisotopic (exact) mass is 232 g/mol. The van der Waals surface area contributed by atoms with E-state index in [1.807, 2.05) is 20.8 Å². The SMILES string of the molecule is CC(C)=CCC/C(C)=C/COP(=O)([O-])[O-]. The highest BCUT2D eigenvalue weighted by molar-refractivity contribution is 7.43. The smallest absolute Gasteiger partial charge is 0.0702 e. The van der Waals surface area contributed by atoms with Crippen LogP contribution in [0.5, 0.6) is 0 Å². The Morgan fingerprint density at radius 3 is 2.33 bits per heavy atom. The van der Waals surface area contributed by atoms with E-state index in [0.717, 1.165) is 18.4 Å². The Hall–Kier alpha value is -0.410. The molecule has 0 aromatic carbocycles. The standard InChI is InChI=1S/C10H19O4P/c1-9(2)5-4-6-10(3)7-8-14-15(11,12)13/h5,7H,4,6,8H2,1-3H3,(H2,11,12,13)/p-2/b10-7+. The van der Waals surface area contributed by atoms with Crippen molar-refractivity contribution < 1.29 is 18.9 Å². The van der Waals surface area contributed by atoms with Gasteiger partial charge in [-0.05, 0) is 33.6 Å². The topological polar surface area (TPSA) is 72.4 Å². The fraction of sp³-hybridized carbons (Fsp3) is 0.600. The molecule has 0 aromatic rings. The Morgan fingerprint density at radius 2 is 1.87 bits per heavy atom. The molecule has 0 aliphatic carbocycles. The number of phosphoric acid groups is 1. The van der Waals surface area contributed by atoms with Gasteiger partial charge < -0.3 is 18.9 Å². The second kappa shape index (κ2) is 6.96. The molecule has 0 amide bonds. The molecule has 0 fully saturated rings. The molecule has 0 bridgehead atoms. The fourth-order valence-electron chi connectivity index (χ4n) is 0.961. The minimum absolute atomic E-state index is 0.162. The van der Waals surface area contributed by atoms with Crippen LogP contribution in [0, 0.1) is 0 Å². The van der Waals surface area contributed by atoms with Crippen LogP contribution in [-0.2, 0) is 9.09 Å². The summed E-state index contributed by atoms with van der Waals surface area (Å²) in [5.74, 6) is 0. The Morgan fingerprint density at radius 1 is 1.27 bits per heavy atom. The highest BCUT2D eigenvalue weighted by Gasteiger charge is 1.91. The lowest BCUT2D eigenvalue weighted by molar-refractivity contribution is -0.340. The number of allylic oxidation sites excluding steroid dienone is 3. The number of hydrogen-bond acceptors (Lipinski definition) is 4. The van der Waals surface area contributed by atoms with Crippen LogP contribution >= 0.6 is 7.82 Å². The van der Waals surface area contributed by atoms with Crippen molar-refractivity contribution in [2.75, 3.05) is 6.61 Å². The van der Waals surface area contributed by atoms with Gasteiger partial charge in [0.1, 0.15) is 0 Å². The summed E-state index contributed by atoms with van der Waals surface area (Å²) in [6, 6.07) is 0. The lowest BCUT2D eigenvalue weighted by Gasteiger charge is -2.27. The van der Waals surface area contributed by atoms with E-state index < -0.39 is 7.82 Å². The van der Waals surface area contributed by atoms with Crippen LogP contribution in [0.15, 0.2) is 23.3 Å². The largest absolute Gasteiger partial charge is 0.790 e. The third-order valence-electron chi connectivity index (χ3n) is 1.76. The minimum atomic E-state index is -4.82. The molecule has 88 valence electrons. The van der Waals surface area contributed by atoms with E-state index in [1.165, 1.54) is 5.57 Å². The zero-order valence-corrected chi connectivity index (χ0v) is 10.3. The van der Waals surface area contributed by atoms with Crippen LogP contribution in [-0.4, -0.2) is 6.61 Å². The van der Waals surface area contributed by atoms with E-state index in [0.29, 0.717) is 0 Å². The van der Waals surface area contributed by atoms with Gasteiger partial charge in [0, 0.05) is 0 Å². The maximum atomic E-state index is 10.1. The molecule has 4 nitrogen and oxygen atoms in total. The molecule has 0 saturated carbocycles. The Labute approximate surface area is 90.9 Å². The molecular formula is C10H17O4P-2. The lowest BCUT2D eigenvalue weighted by atomic mass is 10.1.